The molecule has 2 aliphatic carbocycles. The van der Waals surface area contributed by atoms with Gasteiger partial charge in [-0.1, -0.05) is 12.8 Å². The van der Waals surface area contributed by atoms with Crippen LogP contribution in [0.1, 0.15) is 51.9 Å². The van der Waals surface area contributed by atoms with Crippen LogP contribution in [0.4, 0.5) is 0 Å². The molecule has 0 N–H and O–H groups in total. The number of Topliss-reactive ketones (excluding diaryl/α,β-unsaturated/α-hetero) is 2. The third kappa shape index (κ3) is 1.41. The largest absolute Gasteiger partial charge is 0.300 e. The van der Waals surface area contributed by atoms with Gasteiger partial charge in [0.05, 0.1) is 0 Å². The van der Waals surface area contributed by atoms with Crippen LogP contribution in [0.3, 0.4) is 0 Å². The van der Waals surface area contributed by atoms with E-state index in [0.29, 0.717) is 30.3 Å². The molecule has 2 rings (SSSR count). The lowest BCUT2D eigenvalue weighted by Crippen LogP contribution is -2.44. The van der Waals surface area contributed by atoms with Crippen molar-refractivity contribution in [3.05, 3.63) is 0 Å². The molecule has 0 unspecified atom stereocenters. The van der Waals surface area contributed by atoms with E-state index in [2.05, 4.69) is 0 Å². The molecule has 0 saturated heterocycles. The molecular formula is C12H18O2. The van der Waals surface area contributed by atoms with E-state index in [1.165, 1.54) is 12.8 Å². The summed E-state index contributed by atoms with van der Waals surface area (Å²) >= 11 is 0. The molecule has 0 spiro atoms. The molecule has 2 atom stereocenters. The third-order valence-corrected chi connectivity index (χ3v) is 4.23. The standard InChI is InChI=1S/C12H18O2/c1-9(13)12-6-3-2-4-10(12)8-11(14)5-7-12/h10H,2-8H2,1H3/t10-,12+/m1/s1. The van der Waals surface area contributed by atoms with E-state index >= 15 is 0 Å². The van der Waals surface area contributed by atoms with Crippen LogP contribution < -0.4 is 0 Å². The highest BCUT2D eigenvalue weighted by Crippen LogP contribution is 2.49. The van der Waals surface area contributed by atoms with Crippen molar-refractivity contribution in [3.8, 4) is 0 Å². The van der Waals surface area contributed by atoms with Crippen LogP contribution in [-0.2, 0) is 9.59 Å². The second-order valence-corrected chi connectivity index (χ2v) is 4.90. The lowest BCUT2D eigenvalue weighted by atomic mass is 9.57. The zero-order valence-electron chi connectivity index (χ0n) is 8.84. The van der Waals surface area contributed by atoms with Gasteiger partial charge in [-0.15, -0.1) is 0 Å². The highest BCUT2D eigenvalue weighted by atomic mass is 16.1. The van der Waals surface area contributed by atoms with Crippen LogP contribution in [0, 0.1) is 11.3 Å². The summed E-state index contributed by atoms with van der Waals surface area (Å²) in [4.78, 5) is 23.1. The first kappa shape index (κ1) is 9.88. The fraction of sp³-hybridized carbons (Fsp3) is 0.833. The topological polar surface area (TPSA) is 34.1 Å². The predicted molar refractivity (Wildman–Crippen MR) is 53.9 cm³/mol. The van der Waals surface area contributed by atoms with Gasteiger partial charge < -0.3 is 0 Å². The molecule has 0 heterocycles. The van der Waals surface area contributed by atoms with E-state index in [1.54, 1.807) is 6.92 Å². The van der Waals surface area contributed by atoms with Gasteiger partial charge >= 0.3 is 0 Å². The number of fused-ring (bicyclic) bond motifs is 1. The quantitative estimate of drug-likeness (QED) is 0.642. The van der Waals surface area contributed by atoms with Crippen molar-refractivity contribution in [2.75, 3.05) is 0 Å². The first-order chi connectivity index (χ1) is 6.65. The molecule has 0 aromatic heterocycles. The first-order valence-electron chi connectivity index (χ1n) is 5.68. The summed E-state index contributed by atoms with van der Waals surface area (Å²) in [6, 6.07) is 0. The number of hydrogen-bond acceptors (Lipinski definition) is 2. The van der Waals surface area contributed by atoms with Crippen molar-refractivity contribution in [1.29, 1.82) is 0 Å². The second kappa shape index (κ2) is 3.48. The maximum absolute atomic E-state index is 11.8. The molecule has 0 radical (unpaired) electrons. The Morgan fingerprint density at radius 3 is 2.86 bits per heavy atom. The zero-order chi connectivity index (χ0) is 10.2. The summed E-state index contributed by atoms with van der Waals surface area (Å²) in [5.41, 5.74) is -0.105. The van der Waals surface area contributed by atoms with Crippen molar-refractivity contribution in [2.24, 2.45) is 11.3 Å². The van der Waals surface area contributed by atoms with Crippen LogP contribution >= 0.6 is 0 Å². The molecule has 2 saturated carbocycles. The predicted octanol–water partition coefficient (Wildman–Crippen LogP) is 2.51. The van der Waals surface area contributed by atoms with Gasteiger partial charge in [-0.25, -0.2) is 0 Å². The molecule has 0 aromatic rings. The smallest absolute Gasteiger partial charge is 0.136 e. The first-order valence-corrected chi connectivity index (χ1v) is 5.68. The highest BCUT2D eigenvalue weighted by Gasteiger charge is 2.47. The van der Waals surface area contributed by atoms with Crippen molar-refractivity contribution >= 4 is 11.6 Å². The molecule has 14 heavy (non-hydrogen) atoms. The Kier molecular flexibility index (Phi) is 2.46. The monoisotopic (exact) mass is 194 g/mol. The molecule has 2 fully saturated rings. The minimum Gasteiger partial charge on any atom is -0.300 e. The Balaban J connectivity index is 2.24. The average Bonchev–Trinajstić information content (AvgIpc) is 2.17. The van der Waals surface area contributed by atoms with Gasteiger partial charge in [0.2, 0.25) is 0 Å². The van der Waals surface area contributed by atoms with Crippen LogP contribution in [0.5, 0.6) is 0 Å². The normalized spacial score (nSPS) is 37.8. The van der Waals surface area contributed by atoms with Crippen molar-refractivity contribution in [1.82, 2.24) is 0 Å². The van der Waals surface area contributed by atoms with E-state index in [-0.39, 0.29) is 5.41 Å². The Bertz CT molecular complexity index is 269. The Morgan fingerprint density at radius 1 is 1.36 bits per heavy atom. The third-order valence-electron chi connectivity index (χ3n) is 4.23. The Morgan fingerprint density at radius 2 is 2.14 bits per heavy atom. The molecule has 2 heteroatoms. The number of carbonyl (C=O) groups excluding carboxylic acids is 2. The van der Waals surface area contributed by atoms with Gasteiger partial charge in [0, 0.05) is 18.3 Å². The summed E-state index contributed by atoms with van der Waals surface area (Å²) in [5.74, 6) is 1.07. The fourth-order valence-electron chi connectivity index (χ4n) is 3.32. The van der Waals surface area contributed by atoms with E-state index in [4.69, 9.17) is 0 Å². The van der Waals surface area contributed by atoms with Crippen molar-refractivity contribution in [2.45, 2.75) is 51.9 Å². The number of hydrogen-bond donors (Lipinski definition) is 0. The van der Waals surface area contributed by atoms with Gasteiger partial charge in [-0.3, -0.25) is 9.59 Å². The Hall–Kier alpha value is -0.660. The summed E-state index contributed by atoms with van der Waals surface area (Å²) in [7, 11) is 0. The summed E-state index contributed by atoms with van der Waals surface area (Å²) < 4.78 is 0. The highest BCUT2D eigenvalue weighted by molar-refractivity contribution is 5.87. The average molecular weight is 194 g/mol. The number of carbonyl (C=O) groups is 2. The van der Waals surface area contributed by atoms with E-state index in [9.17, 15) is 9.59 Å². The summed E-state index contributed by atoms with van der Waals surface area (Å²) in [6.45, 7) is 1.72. The number of rotatable bonds is 1. The van der Waals surface area contributed by atoms with Gasteiger partial charge in [0.1, 0.15) is 11.6 Å². The number of ketones is 2. The van der Waals surface area contributed by atoms with Gasteiger partial charge in [-0.05, 0) is 32.1 Å². The van der Waals surface area contributed by atoms with Crippen LogP contribution in [0.15, 0.2) is 0 Å². The molecule has 0 aromatic carbocycles. The molecule has 0 bridgehead atoms. The minimum absolute atomic E-state index is 0.105. The van der Waals surface area contributed by atoms with E-state index in [1.807, 2.05) is 0 Å². The molecule has 0 aliphatic heterocycles. The molecule has 2 nitrogen and oxygen atoms in total. The summed E-state index contributed by atoms with van der Waals surface area (Å²) in [6.07, 6.45) is 6.62. The van der Waals surface area contributed by atoms with Crippen LogP contribution in [0.2, 0.25) is 0 Å². The van der Waals surface area contributed by atoms with Gasteiger partial charge in [-0.2, -0.15) is 0 Å². The summed E-state index contributed by atoms with van der Waals surface area (Å²) in [5, 5.41) is 0. The lowest BCUT2D eigenvalue weighted by Gasteiger charge is -2.45. The molecule has 2 aliphatic rings. The maximum atomic E-state index is 11.8. The second-order valence-electron chi connectivity index (χ2n) is 4.90. The minimum atomic E-state index is -0.105. The molecule has 0 amide bonds. The Labute approximate surface area is 85.1 Å². The molecule has 78 valence electrons. The maximum Gasteiger partial charge on any atom is 0.136 e. The van der Waals surface area contributed by atoms with Crippen LogP contribution in [0.25, 0.3) is 0 Å². The van der Waals surface area contributed by atoms with Crippen molar-refractivity contribution < 1.29 is 9.59 Å². The van der Waals surface area contributed by atoms with E-state index in [0.717, 1.165) is 19.3 Å². The zero-order valence-corrected chi connectivity index (χ0v) is 8.84. The van der Waals surface area contributed by atoms with Crippen LogP contribution in [-0.4, -0.2) is 11.6 Å². The fourth-order valence-corrected chi connectivity index (χ4v) is 3.32. The van der Waals surface area contributed by atoms with Gasteiger partial charge in [0.15, 0.2) is 0 Å². The van der Waals surface area contributed by atoms with Crippen molar-refractivity contribution in [3.63, 3.8) is 0 Å². The lowest BCUT2D eigenvalue weighted by molar-refractivity contribution is -0.139. The SMILES string of the molecule is CC(=O)[C@@]12CCCC[C@@H]1CC(=O)CC2. The van der Waals surface area contributed by atoms with Gasteiger partial charge in [0.25, 0.3) is 0 Å². The molecular weight excluding hydrogens is 176 g/mol. The van der Waals surface area contributed by atoms with E-state index < -0.39 is 0 Å².